The minimum Gasteiger partial charge on any atom is -0.462 e. The number of ether oxygens (including phenoxy) is 2. The Hall–Kier alpha value is -3.14. The highest BCUT2D eigenvalue weighted by Crippen LogP contribution is 2.41. The van der Waals surface area contributed by atoms with Crippen LogP contribution in [0.2, 0.25) is 0 Å². The van der Waals surface area contributed by atoms with Gasteiger partial charge < -0.3 is 9.47 Å². The maximum atomic E-state index is 12.5. The lowest BCUT2D eigenvalue weighted by molar-refractivity contribution is -0.144. The lowest BCUT2D eigenvalue weighted by Crippen LogP contribution is -2.19. The van der Waals surface area contributed by atoms with Gasteiger partial charge >= 0.3 is 11.9 Å². The lowest BCUT2D eigenvalue weighted by Gasteiger charge is -2.29. The highest BCUT2D eigenvalue weighted by atomic mass is 16.5. The fourth-order valence-electron chi connectivity index (χ4n) is 11.4. The molecule has 6 rings (SSSR count). The van der Waals surface area contributed by atoms with E-state index in [1.807, 2.05) is 6.92 Å². The van der Waals surface area contributed by atoms with E-state index >= 15 is 0 Å². The number of hydrogen-bond donors (Lipinski definition) is 0. The summed E-state index contributed by atoms with van der Waals surface area (Å²) in [6, 6.07) is 19.0. The van der Waals surface area contributed by atoms with E-state index in [-0.39, 0.29) is 18.0 Å². The Kier molecular flexibility index (Phi) is 23.9. The molecule has 0 amide bonds. The molecule has 0 spiro atoms. The van der Waals surface area contributed by atoms with Gasteiger partial charge in [-0.05, 0) is 174 Å². The molecule has 0 aromatic heterocycles. The predicted molar refractivity (Wildman–Crippen MR) is 270 cm³/mol. The topological polar surface area (TPSA) is 52.6 Å². The number of unbranched alkanes of at least 4 members (excludes halogenated alkanes) is 8. The molecular weight excluding hydrogens is 785 g/mol. The Morgan fingerprint density at radius 2 is 0.891 bits per heavy atom. The molecule has 0 radical (unpaired) electrons. The Morgan fingerprint density at radius 3 is 1.31 bits per heavy atom. The number of carbonyl (C=O) groups excluding carboxylic acids is 2. The average molecular weight is 877 g/mol. The number of rotatable bonds is 23. The summed E-state index contributed by atoms with van der Waals surface area (Å²) in [7, 11) is 0. The van der Waals surface area contributed by atoms with Crippen LogP contribution in [0.4, 0.5) is 0 Å². The van der Waals surface area contributed by atoms with Gasteiger partial charge in [0, 0.05) is 11.1 Å². The fourth-order valence-corrected chi connectivity index (χ4v) is 11.4. The molecule has 4 heteroatoms. The van der Waals surface area contributed by atoms with Crippen LogP contribution in [-0.2, 0) is 19.1 Å². The first-order chi connectivity index (χ1) is 31.3. The summed E-state index contributed by atoms with van der Waals surface area (Å²) >= 11 is 0. The minimum atomic E-state index is -0.0829. The van der Waals surface area contributed by atoms with Crippen LogP contribution in [0.25, 0.3) is 0 Å². The zero-order chi connectivity index (χ0) is 45.4. The quantitative estimate of drug-likeness (QED) is 0.0824. The van der Waals surface area contributed by atoms with E-state index in [1.54, 1.807) is 0 Å². The molecule has 2 aromatic carbocycles. The molecule has 0 N–H and O–H groups in total. The van der Waals surface area contributed by atoms with Crippen LogP contribution in [0.3, 0.4) is 0 Å². The molecule has 356 valence electrons. The van der Waals surface area contributed by atoms with Gasteiger partial charge in [0.2, 0.25) is 0 Å². The Morgan fingerprint density at radius 1 is 0.484 bits per heavy atom. The second kappa shape index (κ2) is 29.5. The van der Waals surface area contributed by atoms with Crippen LogP contribution in [0, 0.1) is 11.8 Å². The Balaban J connectivity index is 0.000000241. The van der Waals surface area contributed by atoms with E-state index in [9.17, 15) is 9.59 Å². The van der Waals surface area contributed by atoms with Crippen molar-refractivity contribution in [2.45, 2.75) is 251 Å². The number of esters is 2. The van der Waals surface area contributed by atoms with Gasteiger partial charge in [-0.25, -0.2) is 9.59 Å². The molecule has 3 atom stereocenters. The highest BCUT2D eigenvalue weighted by Gasteiger charge is 2.26. The van der Waals surface area contributed by atoms with Gasteiger partial charge in [-0.3, -0.25) is 0 Å². The second-order valence-electron chi connectivity index (χ2n) is 20.7. The van der Waals surface area contributed by atoms with Crippen molar-refractivity contribution in [3.05, 3.63) is 94.1 Å². The van der Waals surface area contributed by atoms with Crippen LogP contribution in [0.1, 0.15) is 267 Å². The standard InChI is InChI=1S/2C30H46O2/c1-4-6-7-8-10-23(3)32-30(31)29-21-19-28(20-22-29)27-17-15-26(16-18-27)25-13-11-24(9-5-2)12-14-25;1-3-5-6-7-8-9-23-32-30(31)29-21-19-28(20-22-29)27-17-15-26(16-18-27)25-13-11-24(10-4-2)12-14-25/h15-18,21,23-25,28H,4-14,19-20,22H2,1-3H3;15-18,21,24-25,28H,3-14,19-20,22-23H2,1-2H3. The summed E-state index contributed by atoms with van der Waals surface area (Å²) in [6.45, 7) is 11.7. The fraction of sp³-hybridized carbons (Fsp3) is 0.700. The molecular formula is C60H92O4. The molecule has 0 aliphatic heterocycles. The first kappa shape index (κ1) is 51.8. The van der Waals surface area contributed by atoms with E-state index in [1.165, 1.54) is 151 Å². The van der Waals surface area contributed by atoms with Crippen molar-refractivity contribution < 1.29 is 19.1 Å². The van der Waals surface area contributed by atoms with Crippen LogP contribution in [-0.4, -0.2) is 24.6 Å². The molecule has 4 aliphatic carbocycles. The Bertz CT molecular complexity index is 1650. The van der Waals surface area contributed by atoms with Gasteiger partial charge in [0.15, 0.2) is 0 Å². The highest BCUT2D eigenvalue weighted by molar-refractivity contribution is 5.89. The summed E-state index contributed by atoms with van der Waals surface area (Å²) < 4.78 is 11.2. The Labute approximate surface area is 392 Å². The van der Waals surface area contributed by atoms with E-state index in [2.05, 4.69) is 88.4 Å². The van der Waals surface area contributed by atoms with Crippen molar-refractivity contribution in [2.75, 3.05) is 6.61 Å². The monoisotopic (exact) mass is 877 g/mol. The third-order valence-corrected chi connectivity index (χ3v) is 15.7. The van der Waals surface area contributed by atoms with Crippen molar-refractivity contribution >= 4 is 11.9 Å². The van der Waals surface area contributed by atoms with E-state index < -0.39 is 0 Å². The van der Waals surface area contributed by atoms with Gasteiger partial charge in [-0.15, -0.1) is 0 Å². The molecule has 0 heterocycles. The molecule has 2 saturated carbocycles. The lowest BCUT2D eigenvalue weighted by atomic mass is 9.76. The van der Waals surface area contributed by atoms with Gasteiger partial charge in [0.1, 0.15) is 0 Å². The number of carbonyl (C=O) groups is 2. The van der Waals surface area contributed by atoms with Gasteiger partial charge in [-0.2, -0.15) is 0 Å². The van der Waals surface area contributed by atoms with Crippen LogP contribution < -0.4 is 0 Å². The molecule has 4 nitrogen and oxygen atoms in total. The molecule has 0 bridgehead atoms. The van der Waals surface area contributed by atoms with Crippen LogP contribution in [0.15, 0.2) is 71.8 Å². The third-order valence-electron chi connectivity index (χ3n) is 15.7. The summed E-state index contributed by atoms with van der Waals surface area (Å²) in [5.41, 5.74) is 7.72. The summed E-state index contributed by atoms with van der Waals surface area (Å²) in [5, 5.41) is 0. The van der Waals surface area contributed by atoms with Gasteiger partial charge in [0.05, 0.1) is 12.7 Å². The van der Waals surface area contributed by atoms with Crippen LogP contribution >= 0.6 is 0 Å². The normalized spacial score (nSPS) is 24.1. The van der Waals surface area contributed by atoms with Crippen molar-refractivity contribution in [1.82, 2.24) is 0 Å². The van der Waals surface area contributed by atoms with Crippen molar-refractivity contribution in [3.8, 4) is 0 Å². The van der Waals surface area contributed by atoms with Gasteiger partial charge in [-0.1, -0.05) is 165 Å². The maximum absolute atomic E-state index is 12.5. The molecule has 64 heavy (non-hydrogen) atoms. The molecule has 0 saturated heterocycles. The first-order valence-corrected chi connectivity index (χ1v) is 27.3. The molecule has 2 aromatic rings. The zero-order valence-corrected chi connectivity index (χ0v) is 41.7. The van der Waals surface area contributed by atoms with E-state index in [4.69, 9.17) is 9.47 Å². The van der Waals surface area contributed by atoms with Crippen molar-refractivity contribution in [3.63, 3.8) is 0 Å². The predicted octanol–water partition coefficient (Wildman–Crippen LogP) is 17.7. The summed E-state index contributed by atoms with van der Waals surface area (Å²) in [6.07, 6.45) is 39.8. The van der Waals surface area contributed by atoms with Crippen LogP contribution in [0.5, 0.6) is 0 Å². The number of benzene rings is 2. The molecule has 3 unspecified atom stereocenters. The SMILES string of the molecule is CCCCCCC(C)OC(=O)C1=CCC(c2ccc(C3CCC(CCC)CC3)cc2)CC1.CCCCCCCCOC(=O)C1=CCC(c2ccc(C3CCC(CCC)CC3)cc2)CC1. The largest absolute Gasteiger partial charge is 0.462 e. The number of allylic oxidation sites excluding steroid dienone is 2. The average Bonchev–Trinajstić information content (AvgIpc) is 3.34. The molecule has 4 aliphatic rings. The second-order valence-corrected chi connectivity index (χ2v) is 20.7. The maximum Gasteiger partial charge on any atom is 0.333 e. The van der Waals surface area contributed by atoms with E-state index in [0.29, 0.717) is 18.4 Å². The van der Waals surface area contributed by atoms with Gasteiger partial charge in [0.25, 0.3) is 0 Å². The third kappa shape index (κ3) is 17.6. The zero-order valence-electron chi connectivity index (χ0n) is 41.7. The summed E-state index contributed by atoms with van der Waals surface area (Å²) in [4.78, 5) is 24.9. The summed E-state index contributed by atoms with van der Waals surface area (Å²) in [5.74, 6) is 4.37. The molecule has 2 fully saturated rings. The van der Waals surface area contributed by atoms with E-state index in [0.717, 1.165) is 92.6 Å². The first-order valence-electron chi connectivity index (χ1n) is 27.3. The van der Waals surface area contributed by atoms with Crippen molar-refractivity contribution in [1.29, 1.82) is 0 Å². The minimum absolute atomic E-state index is 0.0302. The van der Waals surface area contributed by atoms with Crippen molar-refractivity contribution in [2.24, 2.45) is 11.8 Å². The smallest absolute Gasteiger partial charge is 0.333 e. The number of hydrogen-bond acceptors (Lipinski definition) is 4.